The van der Waals surface area contributed by atoms with E-state index >= 15 is 0 Å². The molecule has 0 aliphatic rings. The summed E-state index contributed by atoms with van der Waals surface area (Å²) in [4.78, 5) is 11.6. The molecule has 0 spiro atoms. The fourth-order valence-corrected chi connectivity index (χ4v) is 1.78. The lowest BCUT2D eigenvalue weighted by molar-refractivity contribution is -0.154. The van der Waals surface area contributed by atoms with E-state index < -0.39 is 5.60 Å². The molecule has 4 heteroatoms. The lowest BCUT2D eigenvalue weighted by Crippen LogP contribution is -2.24. The standard InChI is InChI=1S/C14H19ClO3/c1-14(2,3)18-13(16)8-6-10-5-7-12(17-4)11(15)9-10/h5,7,9H,6,8H2,1-4H3. The maximum atomic E-state index is 11.6. The quantitative estimate of drug-likeness (QED) is 0.784. The number of rotatable bonds is 4. The molecule has 0 heterocycles. The van der Waals surface area contributed by atoms with Crippen molar-refractivity contribution < 1.29 is 14.3 Å². The van der Waals surface area contributed by atoms with Crippen molar-refractivity contribution in [2.24, 2.45) is 0 Å². The Labute approximate surface area is 113 Å². The molecule has 1 aromatic carbocycles. The summed E-state index contributed by atoms with van der Waals surface area (Å²) in [5, 5.41) is 0.555. The van der Waals surface area contributed by atoms with Crippen LogP contribution in [0, 0.1) is 0 Å². The van der Waals surface area contributed by atoms with E-state index in [4.69, 9.17) is 21.1 Å². The van der Waals surface area contributed by atoms with Crippen molar-refractivity contribution in [1.82, 2.24) is 0 Å². The van der Waals surface area contributed by atoms with E-state index in [1.54, 1.807) is 13.2 Å². The predicted octanol–water partition coefficient (Wildman–Crippen LogP) is 3.62. The van der Waals surface area contributed by atoms with Crippen molar-refractivity contribution in [3.63, 3.8) is 0 Å². The lowest BCUT2D eigenvalue weighted by Gasteiger charge is -2.19. The molecule has 0 saturated heterocycles. The zero-order valence-corrected chi connectivity index (χ0v) is 12.0. The number of carbonyl (C=O) groups excluding carboxylic acids is 1. The minimum absolute atomic E-state index is 0.200. The number of ether oxygens (including phenoxy) is 2. The van der Waals surface area contributed by atoms with E-state index in [0.717, 1.165) is 5.56 Å². The molecule has 0 aliphatic heterocycles. The van der Waals surface area contributed by atoms with Gasteiger partial charge < -0.3 is 9.47 Å². The van der Waals surface area contributed by atoms with Crippen LogP contribution >= 0.6 is 11.6 Å². The van der Waals surface area contributed by atoms with Crippen molar-refractivity contribution in [2.75, 3.05) is 7.11 Å². The number of halogens is 1. The van der Waals surface area contributed by atoms with E-state index in [1.165, 1.54) is 0 Å². The Morgan fingerprint density at radius 3 is 2.50 bits per heavy atom. The first kappa shape index (κ1) is 14.8. The number of hydrogen-bond donors (Lipinski definition) is 0. The van der Waals surface area contributed by atoms with Crippen LogP contribution < -0.4 is 4.74 Å². The second-order valence-corrected chi connectivity index (χ2v) is 5.46. The second-order valence-electron chi connectivity index (χ2n) is 5.06. The first-order chi connectivity index (χ1) is 8.31. The molecule has 3 nitrogen and oxygen atoms in total. The summed E-state index contributed by atoms with van der Waals surface area (Å²) in [6.07, 6.45) is 0.957. The molecule has 0 unspecified atom stereocenters. The molecule has 0 aliphatic carbocycles. The predicted molar refractivity (Wildman–Crippen MR) is 72.2 cm³/mol. The highest BCUT2D eigenvalue weighted by Crippen LogP contribution is 2.25. The van der Waals surface area contributed by atoms with Crippen LogP contribution in [-0.2, 0) is 16.0 Å². The number of esters is 1. The second kappa shape index (κ2) is 6.10. The third kappa shape index (κ3) is 4.96. The average molecular weight is 271 g/mol. The van der Waals surface area contributed by atoms with Gasteiger partial charge in [-0.2, -0.15) is 0 Å². The smallest absolute Gasteiger partial charge is 0.306 e. The Balaban J connectivity index is 2.54. The molecular formula is C14H19ClO3. The van der Waals surface area contributed by atoms with Crippen molar-refractivity contribution in [3.05, 3.63) is 28.8 Å². The van der Waals surface area contributed by atoms with Crippen LogP contribution in [0.5, 0.6) is 5.75 Å². The van der Waals surface area contributed by atoms with Crippen LogP contribution in [0.25, 0.3) is 0 Å². The van der Waals surface area contributed by atoms with Crippen molar-refractivity contribution in [3.8, 4) is 5.75 Å². The molecule has 1 aromatic rings. The van der Waals surface area contributed by atoms with Crippen LogP contribution in [-0.4, -0.2) is 18.7 Å². The molecule has 0 aromatic heterocycles. The molecule has 0 saturated carbocycles. The summed E-state index contributed by atoms with van der Waals surface area (Å²) in [6, 6.07) is 5.51. The first-order valence-corrected chi connectivity index (χ1v) is 6.24. The first-order valence-electron chi connectivity index (χ1n) is 5.86. The van der Waals surface area contributed by atoms with Crippen LogP contribution in [0.2, 0.25) is 5.02 Å². The molecular weight excluding hydrogens is 252 g/mol. The minimum atomic E-state index is -0.436. The van der Waals surface area contributed by atoms with Gasteiger partial charge in [0.2, 0.25) is 0 Å². The van der Waals surface area contributed by atoms with Gasteiger partial charge in [0, 0.05) is 6.42 Å². The van der Waals surface area contributed by atoms with Crippen LogP contribution in [0.3, 0.4) is 0 Å². The Morgan fingerprint density at radius 1 is 1.33 bits per heavy atom. The lowest BCUT2D eigenvalue weighted by atomic mass is 10.1. The van der Waals surface area contributed by atoms with Gasteiger partial charge in [0.25, 0.3) is 0 Å². The third-order valence-corrected chi connectivity index (χ3v) is 2.55. The zero-order valence-electron chi connectivity index (χ0n) is 11.2. The van der Waals surface area contributed by atoms with Gasteiger partial charge in [0.15, 0.2) is 0 Å². The van der Waals surface area contributed by atoms with Crippen molar-refractivity contribution >= 4 is 17.6 Å². The summed E-state index contributed by atoms with van der Waals surface area (Å²) >= 11 is 6.01. The summed E-state index contributed by atoms with van der Waals surface area (Å²) in [5.74, 6) is 0.437. The topological polar surface area (TPSA) is 35.5 Å². The Morgan fingerprint density at radius 2 is 2.00 bits per heavy atom. The molecule has 1 rings (SSSR count). The van der Waals surface area contributed by atoms with Gasteiger partial charge in [-0.15, -0.1) is 0 Å². The van der Waals surface area contributed by atoms with E-state index in [1.807, 2.05) is 32.9 Å². The van der Waals surface area contributed by atoms with Crippen LogP contribution in [0.4, 0.5) is 0 Å². The summed E-state index contributed by atoms with van der Waals surface area (Å²) in [6.45, 7) is 5.57. The maximum absolute atomic E-state index is 11.6. The SMILES string of the molecule is COc1ccc(CCC(=O)OC(C)(C)C)cc1Cl. The van der Waals surface area contributed by atoms with Gasteiger partial charge in [0.1, 0.15) is 11.4 Å². The number of benzene rings is 1. The molecule has 0 atom stereocenters. The summed E-state index contributed by atoms with van der Waals surface area (Å²) < 4.78 is 10.3. The van der Waals surface area contributed by atoms with Gasteiger partial charge >= 0.3 is 5.97 Å². The van der Waals surface area contributed by atoms with Gasteiger partial charge in [-0.25, -0.2) is 0 Å². The minimum Gasteiger partial charge on any atom is -0.495 e. The summed E-state index contributed by atoms with van der Waals surface area (Å²) in [7, 11) is 1.57. The highest BCUT2D eigenvalue weighted by Gasteiger charge is 2.16. The molecule has 0 fully saturated rings. The highest BCUT2D eigenvalue weighted by atomic mass is 35.5. The normalized spacial score (nSPS) is 11.2. The van der Waals surface area contributed by atoms with Gasteiger partial charge in [-0.1, -0.05) is 17.7 Å². The van der Waals surface area contributed by atoms with Gasteiger partial charge in [-0.3, -0.25) is 4.79 Å². The molecule has 0 N–H and O–H groups in total. The Bertz CT molecular complexity index is 422. The molecule has 0 amide bonds. The van der Waals surface area contributed by atoms with Gasteiger partial charge in [-0.05, 0) is 44.9 Å². The summed E-state index contributed by atoms with van der Waals surface area (Å²) in [5.41, 5.74) is 0.556. The molecule has 18 heavy (non-hydrogen) atoms. The fraction of sp³-hybridized carbons (Fsp3) is 0.500. The Kier molecular flexibility index (Phi) is 5.03. The Hall–Kier alpha value is -1.22. The van der Waals surface area contributed by atoms with Gasteiger partial charge in [0.05, 0.1) is 12.1 Å². The van der Waals surface area contributed by atoms with Crippen LogP contribution in [0.1, 0.15) is 32.8 Å². The molecule has 0 radical (unpaired) electrons. The van der Waals surface area contributed by atoms with Crippen molar-refractivity contribution in [2.45, 2.75) is 39.2 Å². The zero-order chi connectivity index (χ0) is 13.8. The molecule has 0 bridgehead atoms. The largest absolute Gasteiger partial charge is 0.495 e. The van der Waals surface area contributed by atoms with E-state index in [2.05, 4.69) is 0 Å². The fourth-order valence-electron chi connectivity index (χ4n) is 1.50. The van der Waals surface area contributed by atoms with Crippen LogP contribution in [0.15, 0.2) is 18.2 Å². The monoisotopic (exact) mass is 270 g/mol. The average Bonchev–Trinajstić information content (AvgIpc) is 2.24. The van der Waals surface area contributed by atoms with E-state index in [0.29, 0.717) is 23.6 Å². The van der Waals surface area contributed by atoms with E-state index in [-0.39, 0.29) is 5.97 Å². The van der Waals surface area contributed by atoms with E-state index in [9.17, 15) is 4.79 Å². The maximum Gasteiger partial charge on any atom is 0.306 e. The van der Waals surface area contributed by atoms with Crippen molar-refractivity contribution in [1.29, 1.82) is 0 Å². The number of hydrogen-bond acceptors (Lipinski definition) is 3. The number of aryl methyl sites for hydroxylation is 1. The third-order valence-electron chi connectivity index (χ3n) is 2.25. The highest BCUT2D eigenvalue weighted by molar-refractivity contribution is 6.32. The number of methoxy groups -OCH3 is 1. The molecule has 100 valence electrons. The number of carbonyl (C=O) groups is 1.